The zero-order valence-electron chi connectivity index (χ0n) is 13.5. The summed E-state index contributed by atoms with van der Waals surface area (Å²) in [5.74, 6) is 0.664. The van der Waals surface area contributed by atoms with Gasteiger partial charge in [-0.15, -0.1) is 11.3 Å². The van der Waals surface area contributed by atoms with Gasteiger partial charge in [0.2, 0.25) is 0 Å². The Morgan fingerprint density at radius 2 is 2.10 bits per heavy atom. The Labute approximate surface area is 127 Å². The Balaban J connectivity index is 2.23. The number of hydrogen-bond acceptors (Lipinski definition) is 4. The summed E-state index contributed by atoms with van der Waals surface area (Å²) in [6.45, 7) is 13.8. The highest BCUT2D eigenvalue weighted by molar-refractivity contribution is 7.09. The predicted octanol–water partition coefficient (Wildman–Crippen LogP) is 3.69. The van der Waals surface area contributed by atoms with E-state index >= 15 is 0 Å². The van der Waals surface area contributed by atoms with Gasteiger partial charge in [-0.1, -0.05) is 27.7 Å². The van der Waals surface area contributed by atoms with Crippen LogP contribution in [0.15, 0.2) is 11.6 Å². The van der Waals surface area contributed by atoms with Gasteiger partial charge in [0.25, 0.3) is 0 Å². The monoisotopic (exact) mass is 295 g/mol. The first-order valence-corrected chi connectivity index (χ1v) is 8.81. The highest BCUT2D eigenvalue weighted by Gasteiger charge is 2.40. The van der Waals surface area contributed by atoms with Gasteiger partial charge in [0.15, 0.2) is 0 Å². The zero-order valence-corrected chi connectivity index (χ0v) is 14.3. The summed E-state index contributed by atoms with van der Waals surface area (Å²) in [4.78, 5) is 7.23. The van der Waals surface area contributed by atoms with E-state index in [1.807, 2.05) is 6.20 Å². The molecular weight excluding hydrogens is 266 g/mol. The van der Waals surface area contributed by atoms with Crippen molar-refractivity contribution < 1.29 is 0 Å². The topological polar surface area (TPSA) is 28.2 Å². The lowest BCUT2D eigenvalue weighted by molar-refractivity contribution is 0.0213. The fourth-order valence-corrected chi connectivity index (χ4v) is 4.03. The maximum absolute atomic E-state index is 4.54. The number of nitrogens with one attached hydrogen (secondary N) is 1. The van der Waals surface area contributed by atoms with Crippen LogP contribution in [0.25, 0.3) is 0 Å². The lowest BCUT2D eigenvalue weighted by Crippen LogP contribution is -2.65. The van der Waals surface area contributed by atoms with E-state index in [0.717, 1.165) is 13.1 Å². The van der Waals surface area contributed by atoms with Crippen molar-refractivity contribution in [2.45, 2.75) is 65.1 Å². The number of piperazine rings is 1. The van der Waals surface area contributed by atoms with Crippen molar-refractivity contribution >= 4 is 11.3 Å². The molecule has 0 aliphatic carbocycles. The highest BCUT2D eigenvalue weighted by Crippen LogP contribution is 2.33. The summed E-state index contributed by atoms with van der Waals surface area (Å²) in [5, 5.41) is 7.17. The summed E-state index contributed by atoms with van der Waals surface area (Å²) in [7, 11) is 0. The Morgan fingerprint density at radius 1 is 1.40 bits per heavy atom. The second-order valence-corrected chi connectivity index (χ2v) is 7.32. The van der Waals surface area contributed by atoms with Crippen LogP contribution in [-0.2, 0) is 0 Å². The first-order chi connectivity index (χ1) is 9.53. The molecule has 114 valence electrons. The van der Waals surface area contributed by atoms with Crippen LogP contribution in [0, 0.1) is 5.92 Å². The number of rotatable bonds is 5. The molecule has 3 nitrogen and oxygen atoms in total. The van der Waals surface area contributed by atoms with Gasteiger partial charge in [-0.3, -0.25) is 4.90 Å². The van der Waals surface area contributed by atoms with Crippen molar-refractivity contribution in [2.24, 2.45) is 5.92 Å². The summed E-state index contributed by atoms with van der Waals surface area (Å²) >= 11 is 1.78. The largest absolute Gasteiger partial charge is 0.308 e. The molecule has 2 rings (SSSR count). The standard InChI is InChI=1S/C16H29N3S/c1-6-16(7-2)11-19(14(10-18-16)12(3)4)13(5)15-17-8-9-20-15/h8-9,12-14,18H,6-7,10-11H2,1-5H3. The van der Waals surface area contributed by atoms with Crippen LogP contribution < -0.4 is 5.32 Å². The average molecular weight is 295 g/mol. The van der Waals surface area contributed by atoms with E-state index in [-0.39, 0.29) is 5.54 Å². The van der Waals surface area contributed by atoms with E-state index in [4.69, 9.17) is 0 Å². The molecule has 2 heterocycles. The Bertz CT molecular complexity index is 398. The molecule has 1 saturated heterocycles. The molecule has 0 radical (unpaired) electrons. The Kier molecular flexibility index (Phi) is 5.21. The summed E-state index contributed by atoms with van der Waals surface area (Å²) in [5.41, 5.74) is 0.275. The third-order valence-corrected chi connectivity index (χ3v) is 5.97. The van der Waals surface area contributed by atoms with E-state index < -0.39 is 0 Å². The van der Waals surface area contributed by atoms with Gasteiger partial charge in [0.1, 0.15) is 5.01 Å². The molecule has 0 spiro atoms. The molecule has 1 aromatic heterocycles. The van der Waals surface area contributed by atoms with Crippen LogP contribution in [0.4, 0.5) is 0 Å². The van der Waals surface area contributed by atoms with Gasteiger partial charge >= 0.3 is 0 Å². The minimum atomic E-state index is 0.275. The second-order valence-electron chi connectivity index (χ2n) is 6.40. The van der Waals surface area contributed by atoms with Gasteiger partial charge in [0.05, 0.1) is 6.04 Å². The minimum absolute atomic E-state index is 0.275. The average Bonchev–Trinajstić information content (AvgIpc) is 2.99. The molecule has 0 saturated carbocycles. The molecule has 0 bridgehead atoms. The fourth-order valence-electron chi connectivity index (χ4n) is 3.31. The molecule has 1 aliphatic heterocycles. The van der Waals surface area contributed by atoms with Gasteiger partial charge in [-0.2, -0.15) is 0 Å². The second kappa shape index (κ2) is 6.54. The molecular formula is C16H29N3S. The summed E-state index contributed by atoms with van der Waals surface area (Å²) < 4.78 is 0. The van der Waals surface area contributed by atoms with Crippen LogP contribution in [0.3, 0.4) is 0 Å². The van der Waals surface area contributed by atoms with Crippen LogP contribution in [0.5, 0.6) is 0 Å². The van der Waals surface area contributed by atoms with E-state index in [0.29, 0.717) is 18.0 Å². The Morgan fingerprint density at radius 3 is 2.60 bits per heavy atom. The molecule has 1 N–H and O–H groups in total. The third-order valence-electron chi connectivity index (χ3n) is 5.03. The molecule has 2 unspecified atom stereocenters. The maximum Gasteiger partial charge on any atom is 0.109 e. The molecule has 1 aliphatic rings. The quantitative estimate of drug-likeness (QED) is 0.898. The molecule has 2 atom stereocenters. The van der Waals surface area contributed by atoms with Crippen LogP contribution >= 0.6 is 11.3 Å². The van der Waals surface area contributed by atoms with Crippen LogP contribution in [0.1, 0.15) is 58.5 Å². The van der Waals surface area contributed by atoms with Crippen molar-refractivity contribution in [3.8, 4) is 0 Å². The van der Waals surface area contributed by atoms with Crippen molar-refractivity contribution in [1.29, 1.82) is 0 Å². The van der Waals surface area contributed by atoms with E-state index in [2.05, 4.69) is 55.2 Å². The first-order valence-electron chi connectivity index (χ1n) is 7.93. The van der Waals surface area contributed by atoms with Crippen molar-refractivity contribution in [3.05, 3.63) is 16.6 Å². The van der Waals surface area contributed by atoms with E-state index in [1.165, 1.54) is 17.8 Å². The summed E-state index contributed by atoms with van der Waals surface area (Å²) in [6.07, 6.45) is 4.31. The number of nitrogens with zero attached hydrogens (tertiary/aromatic N) is 2. The van der Waals surface area contributed by atoms with Gasteiger partial charge in [0, 0.05) is 36.2 Å². The molecule has 20 heavy (non-hydrogen) atoms. The van der Waals surface area contributed by atoms with Gasteiger partial charge < -0.3 is 5.32 Å². The zero-order chi connectivity index (χ0) is 14.8. The van der Waals surface area contributed by atoms with Crippen molar-refractivity contribution in [1.82, 2.24) is 15.2 Å². The molecule has 0 amide bonds. The Hall–Kier alpha value is -0.450. The predicted molar refractivity (Wildman–Crippen MR) is 87.2 cm³/mol. The van der Waals surface area contributed by atoms with Crippen molar-refractivity contribution in [2.75, 3.05) is 13.1 Å². The highest BCUT2D eigenvalue weighted by atomic mass is 32.1. The van der Waals surface area contributed by atoms with E-state index in [9.17, 15) is 0 Å². The molecule has 1 fully saturated rings. The molecule has 1 aromatic rings. The summed E-state index contributed by atoms with van der Waals surface area (Å²) in [6, 6.07) is 1.02. The SMILES string of the molecule is CCC1(CC)CN(C(C)c2nccs2)C(C(C)C)CN1. The van der Waals surface area contributed by atoms with Crippen LogP contribution in [0.2, 0.25) is 0 Å². The maximum atomic E-state index is 4.54. The minimum Gasteiger partial charge on any atom is -0.308 e. The normalized spacial score (nSPS) is 25.0. The number of thiazole rings is 1. The third kappa shape index (κ3) is 3.07. The molecule has 0 aromatic carbocycles. The lowest BCUT2D eigenvalue weighted by Gasteiger charge is -2.50. The first kappa shape index (κ1) is 15.9. The lowest BCUT2D eigenvalue weighted by atomic mass is 9.85. The smallest absolute Gasteiger partial charge is 0.109 e. The number of hydrogen-bond donors (Lipinski definition) is 1. The molecule has 4 heteroatoms. The van der Waals surface area contributed by atoms with Crippen molar-refractivity contribution in [3.63, 3.8) is 0 Å². The van der Waals surface area contributed by atoms with Crippen LogP contribution in [-0.4, -0.2) is 34.6 Å². The fraction of sp³-hybridized carbons (Fsp3) is 0.812. The van der Waals surface area contributed by atoms with Gasteiger partial charge in [-0.25, -0.2) is 4.98 Å². The van der Waals surface area contributed by atoms with Gasteiger partial charge in [-0.05, 0) is 25.7 Å². The van der Waals surface area contributed by atoms with E-state index in [1.54, 1.807) is 11.3 Å². The number of aromatic nitrogens is 1.